The molecule has 0 N–H and O–H groups in total. The highest BCUT2D eigenvalue weighted by Crippen LogP contribution is 2.43. The summed E-state index contributed by atoms with van der Waals surface area (Å²) in [6, 6.07) is 8.38. The van der Waals surface area contributed by atoms with Gasteiger partial charge < -0.3 is 9.47 Å². The molecule has 0 spiro atoms. The van der Waals surface area contributed by atoms with Gasteiger partial charge in [-0.3, -0.25) is 0 Å². The molecule has 1 fully saturated rings. The quantitative estimate of drug-likeness (QED) is 0.561. The molecule has 0 bridgehead atoms. The van der Waals surface area contributed by atoms with Crippen LogP contribution in [0.15, 0.2) is 34.8 Å². The fraction of sp³-hybridized carbons (Fsp3) is 0.278. The van der Waals surface area contributed by atoms with Crippen LogP contribution in [0.5, 0.6) is 5.75 Å². The maximum atomic E-state index is 14.1. The summed E-state index contributed by atoms with van der Waals surface area (Å²) in [5.41, 5.74) is 2.23. The van der Waals surface area contributed by atoms with Crippen molar-refractivity contribution in [3.63, 3.8) is 0 Å². The molecule has 0 radical (unpaired) electrons. The molecular formula is C18H15BrF2N2O2. The number of ether oxygens (including phenoxy) is 2. The molecule has 0 unspecified atom stereocenters. The van der Waals surface area contributed by atoms with Gasteiger partial charge in [0.05, 0.1) is 16.9 Å². The highest BCUT2D eigenvalue weighted by atomic mass is 79.9. The molecule has 1 saturated carbocycles. The predicted molar refractivity (Wildman–Crippen MR) is 93.2 cm³/mol. The van der Waals surface area contributed by atoms with Crippen molar-refractivity contribution in [3.05, 3.63) is 52.1 Å². The van der Waals surface area contributed by atoms with Gasteiger partial charge in [0.25, 0.3) is 0 Å². The maximum Gasteiger partial charge on any atom is 0.200 e. The number of benzene rings is 2. The smallest absolute Gasteiger partial charge is 0.200 e. The van der Waals surface area contributed by atoms with Gasteiger partial charge in [-0.1, -0.05) is 15.9 Å². The van der Waals surface area contributed by atoms with Crippen molar-refractivity contribution < 1.29 is 18.3 Å². The lowest BCUT2D eigenvalue weighted by Gasteiger charge is -2.10. The third-order valence-electron chi connectivity index (χ3n) is 4.19. The van der Waals surface area contributed by atoms with Gasteiger partial charge in [-0.15, -0.1) is 0 Å². The van der Waals surface area contributed by atoms with E-state index in [-0.39, 0.29) is 12.5 Å². The Morgan fingerprint density at radius 3 is 2.76 bits per heavy atom. The highest BCUT2D eigenvalue weighted by Gasteiger charge is 2.29. The number of rotatable bonds is 5. The first kappa shape index (κ1) is 16.5. The van der Waals surface area contributed by atoms with E-state index < -0.39 is 11.6 Å². The average molecular weight is 409 g/mol. The fourth-order valence-electron chi connectivity index (χ4n) is 2.87. The zero-order valence-electron chi connectivity index (χ0n) is 13.4. The van der Waals surface area contributed by atoms with Crippen LogP contribution >= 0.6 is 15.9 Å². The molecule has 0 saturated heterocycles. The molecular weight excluding hydrogens is 394 g/mol. The monoisotopic (exact) mass is 408 g/mol. The Hall–Kier alpha value is -1.99. The van der Waals surface area contributed by atoms with E-state index in [9.17, 15) is 8.78 Å². The second-order valence-corrected chi connectivity index (χ2v) is 6.94. The Morgan fingerprint density at radius 2 is 2.04 bits per heavy atom. The van der Waals surface area contributed by atoms with Crippen LogP contribution in [-0.4, -0.2) is 23.7 Å². The van der Waals surface area contributed by atoms with Gasteiger partial charge >= 0.3 is 0 Å². The molecule has 0 aliphatic heterocycles. The van der Waals surface area contributed by atoms with Gasteiger partial charge in [0.2, 0.25) is 5.82 Å². The summed E-state index contributed by atoms with van der Waals surface area (Å²) in [5, 5.41) is 5.69. The van der Waals surface area contributed by atoms with Crippen LogP contribution in [0.25, 0.3) is 16.6 Å². The molecule has 1 heterocycles. The predicted octanol–water partition coefficient (Wildman–Crippen LogP) is 4.93. The highest BCUT2D eigenvalue weighted by molar-refractivity contribution is 9.10. The largest absolute Gasteiger partial charge is 0.464 e. The van der Waals surface area contributed by atoms with Crippen molar-refractivity contribution in [3.8, 4) is 11.4 Å². The van der Waals surface area contributed by atoms with E-state index in [1.54, 1.807) is 4.68 Å². The van der Waals surface area contributed by atoms with Crippen LogP contribution in [0.4, 0.5) is 8.78 Å². The average Bonchev–Trinajstić information content (AvgIpc) is 3.37. The van der Waals surface area contributed by atoms with Crippen molar-refractivity contribution in [1.29, 1.82) is 0 Å². The number of halogens is 3. The van der Waals surface area contributed by atoms with Gasteiger partial charge in [0.1, 0.15) is 0 Å². The summed E-state index contributed by atoms with van der Waals surface area (Å²) in [5.74, 6) is -1.81. The number of fused-ring (bicyclic) bond motifs is 1. The minimum atomic E-state index is -1.04. The lowest BCUT2D eigenvalue weighted by molar-refractivity contribution is 0.0478. The second kappa shape index (κ2) is 6.38. The first-order valence-electron chi connectivity index (χ1n) is 7.88. The minimum Gasteiger partial charge on any atom is -0.464 e. The third-order valence-corrected chi connectivity index (χ3v) is 4.68. The lowest BCUT2D eigenvalue weighted by atomic mass is 10.1. The molecule has 7 heteroatoms. The van der Waals surface area contributed by atoms with Crippen molar-refractivity contribution in [2.75, 3.05) is 13.9 Å². The van der Waals surface area contributed by atoms with Crippen LogP contribution in [0, 0.1) is 11.6 Å². The SMILES string of the molecule is COCOc1cc(-n2nc(C3CC3)c3cc(Br)ccc32)cc(F)c1F. The van der Waals surface area contributed by atoms with Gasteiger partial charge in [-0.25, -0.2) is 9.07 Å². The van der Waals surface area contributed by atoms with E-state index in [4.69, 9.17) is 9.47 Å². The lowest BCUT2D eigenvalue weighted by Crippen LogP contribution is -2.05. The van der Waals surface area contributed by atoms with Crippen LogP contribution in [0.3, 0.4) is 0 Å². The molecule has 25 heavy (non-hydrogen) atoms. The van der Waals surface area contributed by atoms with Gasteiger partial charge in [0.15, 0.2) is 18.4 Å². The summed E-state index contributed by atoms with van der Waals surface area (Å²) in [4.78, 5) is 0. The first-order valence-corrected chi connectivity index (χ1v) is 8.67. The topological polar surface area (TPSA) is 36.3 Å². The van der Waals surface area contributed by atoms with Crippen molar-refractivity contribution in [1.82, 2.24) is 9.78 Å². The Kier molecular flexibility index (Phi) is 4.21. The number of methoxy groups -OCH3 is 1. The number of hydrogen-bond acceptors (Lipinski definition) is 3. The van der Waals surface area contributed by atoms with Gasteiger partial charge in [0, 0.05) is 35.0 Å². The van der Waals surface area contributed by atoms with Crippen LogP contribution < -0.4 is 4.74 Å². The summed E-state index contributed by atoms with van der Waals surface area (Å²) < 4.78 is 40.5. The van der Waals surface area contributed by atoms with Crippen LogP contribution in [-0.2, 0) is 4.74 Å². The van der Waals surface area contributed by atoms with E-state index >= 15 is 0 Å². The number of hydrogen-bond donors (Lipinski definition) is 0. The van der Waals surface area contributed by atoms with Crippen LogP contribution in [0.1, 0.15) is 24.5 Å². The van der Waals surface area contributed by atoms with Crippen molar-refractivity contribution in [2.45, 2.75) is 18.8 Å². The molecule has 1 aliphatic carbocycles. The number of aromatic nitrogens is 2. The Morgan fingerprint density at radius 1 is 1.24 bits per heavy atom. The zero-order valence-corrected chi connectivity index (χ0v) is 15.0. The summed E-state index contributed by atoms with van der Waals surface area (Å²) >= 11 is 3.48. The Labute approximate surface area is 151 Å². The van der Waals surface area contributed by atoms with E-state index in [0.717, 1.165) is 40.0 Å². The normalized spacial score (nSPS) is 14.2. The second-order valence-electron chi connectivity index (χ2n) is 6.02. The Balaban J connectivity index is 1.88. The fourth-order valence-corrected chi connectivity index (χ4v) is 3.23. The molecule has 2 aromatic carbocycles. The third kappa shape index (κ3) is 3.02. The molecule has 0 atom stereocenters. The molecule has 0 amide bonds. The standard InChI is InChI=1S/C18H15BrF2N2O2/c1-24-9-25-16-8-12(7-14(20)17(16)21)23-15-5-4-11(19)6-13(15)18(22-23)10-2-3-10/h4-8,10H,2-3,9H2,1H3. The summed E-state index contributed by atoms with van der Waals surface area (Å²) in [6.45, 7) is -0.167. The van der Waals surface area contributed by atoms with Crippen molar-refractivity contribution in [2.24, 2.45) is 0 Å². The molecule has 130 valence electrons. The molecule has 3 aromatic rings. The zero-order chi connectivity index (χ0) is 17.6. The van der Waals surface area contributed by atoms with E-state index in [2.05, 4.69) is 21.0 Å². The summed E-state index contributed by atoms with van der Waals surface area (Å²) in [7, 11) is 1.42. The van der Waals surface area contributed by atoms with E-state index in [1.165, 1.54) is 13.2 Å². The molecule has 4 rings (SSSR count). The van der Waals surface area contributed by atoms with E-state index in [1.807, 2.05) is 18.2 Å². The summed E-state index contributed by atoms with van der Waals surface area (Å²) in [6.07, 6.45) is 2.19. The first-order chi connectivity index (χ1) is 12.1. The number of nitrogens with zero attached hydrogens (tertiary/aromatic N) is 2. The molecule has 4 nitrogen and oxygen atoms in total. The maximum absolute atomic E-state index is 14.1. The molecule has 1 aromatic heterocycles. The van der Waals surface area contributed by atoms with Crippen LogP contribution in [0.2, 0.25) is 0 Å². The van der Waals surface area contributed by atoms with E-state index in [0.29, 0.717) is 11.6 Å². The van der Waals surface area contributed by atoms with Gasteiger partial charge in [-0.2, -0.15) is 9.49 Å². The van der Waals surface area contributed by atoms with Gasteiger partial charge in [-0.05, 0) is 31.0 Å². The van der Waals surface area contributed by atoms with Crippen molar-refractivity contribution >= 4 is 26.8 Å². The Bertz CT molecular complexity index is 954. The minimum absolute atomic E-state index is 0.167. The molecule has 1 aliphatic rings.